The number of rotatable bonds is 1. The molecule has 0 fully saturated rings. The van der Waals surface area contributed by atoms with Crippen LogP contribution in [0, 0.1) is 0 Å². The second-order valence-corrected chi connectivity index (χ2v) is 2.59. The highest BCUT2D eigenvalue weighted by atomic mass is 16.5. The van der Waals surface area contributed by atoms with E-state index in [1.165, 1.54) is 6.08 Å². The molecule has 66 valence electrons. The fraction of sp³-hybridized carbons (Fsp3) is 0.111. The van der Waals surface area contributed by atoms with Gasteiger partial charge in [0, 0.05) is 6.20 Å². The van der Waals surface area contributed by atoms with Crippen LogP contribution in [0.2, 0.25) is 0 Å². The van der Waals surface area contributed by atoms with Crippen LogP contribution in [0.25, 0.3) is 5.57 Å². The maximum atomic E-state index is 10.8. The summed E-state index contributed by atoms with van der Waals surface area (Å²) in [6, 6.07) is 3.37. The largest absolute Gasteiger partial charge is 0.478 e. The van der Waals surface area contributed by atoms with Gasteiger partial charge in [-0.1, -0.05) is 0 Å². The van der Waals surface area contributed by atoms with Gasteiger partial charge in [-0.15, -0.1) is 0 Å². The molecule has 13 heavy (non-hydrogen) atoms. The first-order valence-electron chi connectivity index (χ1n) is 3.80. The molecule has 0 aliphatic carbocycles. The van der Waals surface area contributed by atoms with Crippen LogP contribution < -0.4 is 4.74 Å². The number of nitrogens with zero attached hydrogens (tertiary/aromatic N) is 1. The third-order valence-electron chi connectivity index (χ3n) is 1.80. The summed E-state index contributed by atoms with van der Waals surface area (Å²) in [6.45, 7) is 0.269. The smallest absolute Gasteiger partial charge is 0.336 e. The lowest BCUT2D eigenvalue weighted by Gasteiger charge is -2.13. The summed E-state index contributed by atoms with van der Waals surface area (Å²) in [5.74, 6) is -0.556. The Morgan fingerprint density at radius 1 is 1.62 bits per heavy atom. The quantitative estimate of drug-likeness (QED) is 0.693. The fourth-order valence-electron chi connectivity index (χ4n) is 1.23. The Labute approximate surface area is 74.5 Å². The summed E-state index contributed by atoms with van der Waals surface area (Å²) >= 11 is 0. The molecule has 0 spiro atoms. The summed E-state index contributed by atoms with van der Waals surface area (Å²) in [4.78, 5) is 14.7. The molecule has 0 saturated heterocycles. The maximum absolute atomic E-state index is 10.8. The molecule has 4 heteroatoms. The summed E-state index contributed by atoms with van der Waals surface area (Å²) < 4.78 is 5.15. The molecule has 1 aliphatic rings. The number of hydrogen-bond donors (Lipinski definition) is 1. The zero-order valence-electron chi connectivity index (χ0n) is 6.73. The standard InChI is InChI=1S/C9H7NO3/c11-9(12)7-3-5-13-8-6(7)2-1-4-10-8/h1-4H,5H2,(H,11,12). The predicted octanol–water partition coefficient (Wildman–Crippen LogP) is 0.942. The van der Waals surface area contributed by atoms with Gasteiger partial charge in [0.15, 0.2) is 0 Å². The second-order valence-electron chi connectivity index (χ2n) is 2.59. The van der Waals surface area contributed by atoms with Crippen LogP contribution >= 0.6 is 0 Å². The lowest BCUT2D eigenvalue weighted by molar-refractivity contribution is -0.130. The molecule has 1 aliphatic heterocycles. The monoisotopic (exact) mass is 177 g/mol. The van der Waals surface area contributed by atoms with Gasteiger partial charge in [-0.25, -0.2) is 9.78 Å². The van der Waals surface area contributed by atoms with Crippen LogP contribution in [-0.2, 0) is 4.79 Å². The van der Waals surface area contributed by atoms with E-state index in [1.54, 1.807) is 18.3 Å². The van der Waals surface area contributed by atoms with E-state index in [2.05, 4.69) is 4.98 Å². The number of carbonyl (C=O) groups is 1. The number of carboxylic acids is 1. The third-order valence-corrected chi connectivity index (χ3v) is 1.80. The van der Waals surface area contributed by atoms with Gasteiger partial charge in [0.25, 0.3) is 0 Å². The van der Waals surface area contributed by atoms with E-state index in [9.17, 15) is 4.79 Å². The van der Waals surface area contributed by atoms with Crippen molar-refractivity contribution in [3.8, 4) is 5.88 Å². The van der Waals surface area contributed by atoms with E-state index in [0.717, 1.165) is 0 Å². The van der Waals surface area contributed by atoms with E-state index in [1.807, 2.05) is 0 Å². The van der Waals surface area contributed by atoms with Gasteiger partial charge in [-0.2, -0.15) is 0 Å². The highest BCUT2D eigenvalue weighted by Crippen LogP contribution is 2.26. The molecule has 0 atom stereocenters. The molecule has 0 saturated carbocycles. The van der Waals surface area contributed by atoms with E-state index < -0.39 is 5.97 Å². The fourth-order valence-corrected chi connectivity index (χ4v) is 1.23. The summed E-state index contributed by atoms with van der Waals surface area (Å²) in [5.41, 5.74) is 0.801. The second kappa shape index (κ2) is 2.90. The van der Waals surface area contributed by atoms with Gasteiger partial charge in [0.05, 0.1) is 11.1 Å². The molecule has 0 amide bonds. The molecule has 0 aromatic carbocycles. The van der Waals surface area contributed by atoms with Crippen LogP contribution in [0.5, 0.6) is 5.88 Å². The van der Waals surface area contributed by atoms with Crippen molar-refractivity contribution in [1.82, 2.24) is 4.98 Å². The lowest BCUT2D eigenvalue weighted by atomic mass is 10.1. The molecule has 0 radical (unpaired) electrons. The number of pyridine rings is 1. The molecule has 1 aromatic heterocycles. The lowest BCUT2D eigenvalue weighted by Crippen LogP contribution is -2.11. The highest BCUT2D eigenvalue weighted by molar-refractivity contribution is 6.16. The molecule has 0 unspecified atom stereocenters. The van der Waals surface area contributed by atoms with E-state index in [-0.39, 0.29) is 12.2 Å². The van der Waals surface area contributed by atoms with E-state index in [0.29, 0.717) is 11.4 Å². The topological polar surface area (TPSA) is 59.4 Å². The SMILES string of the molecule is O=C(O)C1=CCOc2ncccc21. The highest BCUT2D eigenvalue weighted by Gasteiger charge is 2.19. The number of aliphatic carboxylic acids is 1. The normalized spacial score (nSPS) is 14.0. The van der Waals surface area contributed by atoms with E-state index >= 15 is 0 Å². The molecule has 2 rings (SSSR count). The minimum absolute atomic E-state index is 0.259. The molecule has 1 N–H and O–H groups in total. The minimum atomic E-state index is -0.947. The average Bonchev–Trinajstić information content (AvgIpc) is 2.17. The van der Waals surface area contributed by atoms with Crippen LogP contribution in [0.1, 0.15) is 5.56 Å². The van der Waals surface area contributed by atoms with Crippen LogP contribution in [-0.4, -0.2) is 22.7 Å². The maximum Gasteiger partial charge on any atom is 0.336 e. The first kappa shape index (κ1) is 7.79. The van der Waals surface area contributed by atoms with Crippen molar-refractivity contribution in [2.75, 3.05) is 6.61 Å². The number of fused-ring (bicyclic) bond motifs is 1. The predicted molar refractivity (Wildman–Crippen MR) is 45.3 cm³/mol. The molecule has 4 nitrogen and oxygen atoms in total. The van der Waals surface area contributed by atoms with Gasteiger partial charge in [0.1, 0.15) is 6.61 Å². The van der Waals surface area contributed by atoms with Crippen molar-refractivity contribution in [3.05, 3.63) is 30.0 Å². The summed E-state index contributed by atoms with van der Waals surface area (Å²) in [7, 11) is 0. The van der Waals surface area contributed by atoms with Gasteiger partial charge in [-0.3, -0.25) is 0 Å². The average molecular weight is 177 g/mol. The zero-order chi connectivity index (χ0) is 9.26. The van der Waals surface area contributed by atoms with E-state index in [4.69, 9.17) is 9.84 Å². The third kappa shape index (κ3) is 1.26. The van der Waals surface area contributed by atoms with Crippen LogP contribution in [0.15, 0.2) is 24.4 Å². The Morgan fingerprint density at radius 3 is 3.23 bits per heavy atom. The molecular weight excluding hydrogens is 170 g/mol. The van der Waals surface area contributed by atoms with Gasteiger partial charge in [0.2, 0.25) is 5.88 Å². The van der Waals surface area contributed by atoms with Crippen molar-refractivity contribution < 1.29 is 14.6 Å². The van der Waals surface area contributed by atoms with Gasteiger partial charge >= 0.3 is 5.97 Å². The number of ether oxygens (including phenoxy) is 1. The van der Waals surface area contributed by atoms with Crippen molar-refractivity contribution in [2.45, 2.75) is 0 Å². The van der Waals surface area contributed by atoms with Crippen LogP contribution in [0.4, 0.5) is 0 Å². The Morgan fingerprint density at radius 2 is 2.46 bits per heavy atom. The molecule has 2 heterocycles. The van der Waals surface area contributed by atoms with Crippen molar-refractivity contribution in [2.24, 2.45) is 0 Å². The van der Waals surface area contributed by atoms with Crippen molar-refractivity contribution >= 4 is 11.5 Å². The van der Waals surface area contributed by atoms with Crippen LogP contribution in [0.3, 0.4) is 0 Å². The van der Waals surface area contributed by atoms with Crippen molar-refractivity contribution in [1.29, 1.82) is 0 Å². The Balaban J connectivity index is 2.53. The summed E-state index contributed by atoms with van der Waals surface area (Å²) in [6.07, 6.45) is 3.11. The Hall–Kier alpha value is -1.84. The number of aromatic nitrogens is 1. The first-order chi connectivity index (χ1) is 6.29. The molecule has 0 bridgehead atoms. The molecular formula is C9H7NO3. The van der Waals surface area contributed by atoms with Crippen molar-refractivity contribution in [3.63, 3.8) is 0 Å². The zero-order valence-corrected chi connectivity index (χ0v) is 6.73. The number of carboxylic acid groups (broad SMARTS) is 1. The summed E-state index contributed by atoms with van der Waals surface area (Å²) in [5, 5.41) is 8.83. The number of hydrogen-bond acceptors (Lipinski definition) is 3. The first-order valence-corrected chi connectivity index (χ1v) is 3.80. The Kier molecular flexibility index (Phi) is 1.73. The van der Waals surface area contributed by atoms with Gasteiger partial charge in [-0.05, 0) is 18.2 Å². The van der Waals surface area contributed by atoms with Gasteiger partial charge < -0.3 is 9.84 Å². The molecule has 1 aromatic rings. The minimum Gasteiger partial charge on any atom is -0.478 e. The Bertz CT molecular complexity index is 384.